The van der Waals surface area contributed by atoms with Gasteiger partial charge in [-0.1, -0.05) is 28.9 Å². The highest BCUT2D eigenvalue weighted by Crippen LogP contribution is 2.33. The van der Waals surface area contributed by atoms with Gasteiger partial charge in [0.05, 0.1) is 5.02 Å². The molecule has 1 aromatic carbocycles. The summed E-state index contributed by atoms with van der Waals surface area (Å²) in [5.74, 6) is 1.11. The summed E-state index contributed by atoms with van der Waals surface area (Å²) >= 11 is 7.96. The molecule has 21 heavy (non-hydrogen) atoms. The van der Waals surface area contributed by atoms with E-state index in [0.29, 0.717) is 16.7 Å². The molecule has 0 spiro atoms. The molecule has 3 heterocycles. The molecule has 0 aliphatic carbocycles. The van der Waals surface area contributed by atoms with Crippen molar-refractivity contribution in [2.75, 3.05) is 6.54 Å². The van der Waals surface area contributed by atoms with Crippen molar-refractivity contribution in [3.8, 4) is 11.4 Å². The van der Waals surface area contributed by atoms with Crippen LogP contribution in [0.25, 0.3) is 11.4 Å². The SMILES string of the molecule is Clc1ccccc1-c1noc(C2NCCc3sccc32)n1. The van der Waals surface area contributed by atoms with Gasteiger partial charge < -0.3 is 9.84 Å². The summed E-state index contributed by atoms with van der Waals surface area (Å²) in [5, 5.41) is 10.2. The summed E-state index contributed by atoms with van der Waals surface area (Å²) in [6, 6.07) is 9.60. The first-order valence-electron chi connectivity index (χ1n) is 6.71. The van der Waals surface area contributed by atoms with Gasteiger partial charge in [0.2, 0.25) is 11.7 Å². The predicted molar refractivity (Wildman–Crippen MR) is 82.6 cm³/mol. The topological polar surface area (TPSA) is 51.0 Å². The van der Waals surface area contributed by atoms with Gasteiger partial charge in [0.25, 0.3) is 0 Å². The quantitative estimate of drug-likeness (QED) is 0.783. The number of nitrogens with zero attached hydrogens (tertiary/aromatic N) is 2. The average Bonchev–Trinajstić information content (AvgIpc) is 3.16. The number of benzene rings is 1. The Hall–Kier alpha value is -1.69. The third-order valence-electron chi connectivity index (χ3n) is 3.59. The number of halogens is 1. The van der Waals surface area contributed by atoms with E-state index in [1.54, 1.807) is 11.3 Å². The first-order valence-corrected chi connectivity index (χ1v) is 7.97. The number of aromatic nitrogens is 2. The van der Waals surface area contributed by atoms with Crippen molar-refractivity contribution < 1.29 is 4.52 Å². The van der Waals surface area contributed by atoms with Crippen LogP contribution in [0.15, 0.2) is 40.2 Å². The minimum absolute atomic E-state index is 0.0243. The molecule has 106 valence electrons. The Morgan fingerprint density at radius 3 is 3.10 bits per heavy atom. The van der Waals surface area contributed by atoms with Gasteiger partial charge >= 0.3 is 0 Å². The second kappa shape index (κ2) is 5.26. The van der Waals surface area contributed by atoms with Gasteiger partial charge in [-0.05, 0) is 35.6 Å². The normalized spacial score (nSPS) is 17.7. The minimum atomic E-state index is -0.0243. The molecule has 0 radical (unpaired) electrons. The summed E-state index contributed by atoms with van der Waals surface area (Å²) < 4.78 is 5.46. The molecule has 4 nitrogen and oxygen atoms in total. The molecular formula is C15H12ClN3OS. The maximum Gasteiger partial charge on any atom is 0.248 e. The number of rotatable bonds is 2. The van der Waals surface area contributed by atoms with Gasteiger partial charge in [0, 0.05) is 17.0 Å². The van der Waals surface area contributed by atoms with Gasteiger partial charge in [-0.15, -0.1) is 11.3 Å². The van der Waals surface area contributed by atoms with E-state index in [0.717, 1.165) is 18.5 Å². The second-order valence-electron chi connectivity index (χ2n) is 4.87. The fraction of sp³-hybridized carbons (Fsp3) is 0.200. The van der Waals surface area contributed by atoms with E-state index in [1.807, 2.05) is 24.3 Å². The van der Waals surface area contributed by atoms with Gasteiger partial charge in [0.15, 0.2) is 0 Å². The molecule has 1 aliphatic heterocycles. The summed E-state index contributed by atoms with van der Waals surface area (Å²) in [6.07, 6.45) is 1.05. The predicted octanol–water partition coefficient (Wildman–Crippen LogP) is 3.69. The third-order valence-corrected chi connectivity index (χ3v) is 4.92. The molecule has 6 heteroatoms. The highest BCUT2D eigenvalue weighted by atomic mass is 35.5. The lowest BCUT2D eigenvalue weighted by molar-refractivity contribution is 0.344. The Kier molecular flexibility index (Phi) is 3.25. The molecule has 0 saturated carbocycles. The molecule has 0 amide bonds. The molecule has 1 atom stereocenters. The van der Waals surface area contributed by atoms with Crippen LogP contribution in [0.4, 0.5) is 0 Å². The molecular weight excluding hydrogens is 306 g/mol. The Balaban J connectivity index is 1.72. The molecule has 1 aliphatic rings. The minimum Gasteiger partial charge on any atom is -0.337 e. The smallest absolute Gasteiger partial charge is 0.248 e. The largest absolute Gasteiger partial charge is 0.337 e. The Morgan fingerprint density at radius 2 is 2.19 bits per heavy atom. The molecule has 0 bridgehead atoms. The second-order valence-corrected chi connectivity index (χ2v) is 6.28. The lowest BCUT2D eigenvalue weighted by Gasteiger charge is -2.20. The van der Waals surface area contributed by atoms with Gasteiger partial charge in [0.1, 0.15) is 6.04 Å². The molecule has 0 saturated heterocycles. The van der Waals surface area contributed by atoms with Gasteiger partial charge in [-0.3, -0.25) is 0 Å². The van der Waals surface area contributed by atoms with Crippen LogP contribution < -0.4 is 5.32 Å². The Labute approximate surface area is 130 Å². The van der Waals surface area contributed by atoms with E-state index < -0.39 is 0 Å². The Morgan fingerprint density at radius 1 is 1.29 bits per heavy atom. The molecule has 1 N–H and O–H groups in total. The average molecular weight is 318 g/mol. The zero-order valence-electron chi connectivity index (χ0n) is 11.0. The standard InChI is InChI=1S/C15H12ClN3OS/c16-11-4-2-1-3-9(11)14-18-15(20-19-14)13-10-6-8-21-12(10)5-7-17-13/h1-4,6,8,13,17H,5,7H2. The van der Waals surface area contributed by atoms with Crippen LogP contribution in [-0.4, -0.2) is 16.7 Å². The summed E-state index contributed by atoms with van der Waals surface area (Å²) in [6.45, 7) is 0.919. The molecule has 3 aromatic rings. The first kappa shape index (κ1) is 13.0. The number of hydrogen-bond acceptors (Lipinski definition) is 5. The number of hydrogen-bond donors (Lipinski definition) is 1. The van der Waals surface area contributed by atoms with Crippen molar-refractivity contribution in [1.82, 2.24) is 15.5 Å². The van der Waals surface area contributed by atoms with E-state index in [4.69, 9.17) is 16.1 Å². The van der Waals surface area contributed by atoms with E-state index in [1.165, 1.54) is 10.4 Å². The van der Waals surface area contributed by atoms with Crippen LogP contribution in [0, 0.1) is 0 Å². The highest BCUT2D eigenvalue weighted by Gasteiger charge is 2.27. The maximum atomic E-state index is 6.18. The number of thiophene rings is 1. The molecule has 2 aromatic heterocycles. The molecule has 1 unspecified atom stereocenters. The van der Waals surface area contributed by atoms with E-state index in [-0.39, 0.29) is 6.04 Å². The van der Waals surface area contributed by atoms with E-state index in [2.05, 4.69) is 26.9 Å². The van der Waals surface area contributed by atoms with Crippen molar-refractivity contribution in [2.24, 2.45) is 0 Å². The van der Waals surface area contributed by atoms with E-state index >= 15 is 0 Å². The first-order chi connectivity index (χ1) is 10.3. The summed E-state index contributed by atoms with van der Waals surface area (Å²) in [4.78, 5) is 5.91. The van der Waals surface area contributed by atoms with Crippen molar-refractivity contribution in [2.45, 2.75) is 12.5 Å². The zero-order valence-corrected chi connectivity index (χ0v) is 12.6. The van der Waals surface area contributed by atoms with Gasteiger partial charge in [-0.25, -0.2) is 0 Å². The third kappa shape index (κ3) is 2.27. The van der Waals surface area contributed by atoms with Crippen LogP contribution in [0.3, 0.4) is 0 Å². The monoisotopic (exact) mass is 317 g/mol. The fourth-order valence-corrected chi connectivity index (χ4v) is 3.72. The van der Waals surface area contributed by atoms with Crippen molar-refractivity contribution in [3.05, 3.63) is 57.1 Å². The van der Waals surface area contributed by atoms with Crippen molar-refractivity contribution in [1.29, 1.82) is 0 Å². The van der Waals surface area contributed by atoms with Crippen LogP contribution in [-0.2, 0) is 6.42 Å². The summed E-state index contributed by atoms with van der Waals surface area (Å²) in [7, 11) is 0. The van der Waals surface area contributed by atoms with E-state index in [9.17, 15) is 0 Å². The van der Waals surface area contributed by atoms with Crippen molar-refractivity contribution in [3.63, 3.8) is 0 Å². The van der Waals surface area contributed by atoms with Crippen LogP contribution in [0.5, 0.6) is 0 Å². The van der Waals surface area contributed by atoms with Crippen LogP contribution in [0.2, 0.25) is 5.02 Å². The van der Waals surface area contributed by atoms with Crippen LogP contribution >= 0.6 is 22.9 Å². The Bertz CT molecular complexity index is 783. The van der Waals surface area contributed by atoms with Crippen molar-refractivity contribution >= 4 is 22.9 Å². The zero-order chi connectivity index (χ0) is 14.2. The molecule has 4 rings (SSSR count). The number of nitrogens with one attached hydrogen (secondary N) is 1. The summed E-state index contributed by atoms with van der Waals surface area (Å²) in [5.41, 5.74) is 2.02. The lowest BCUT2D eigenvalue weighted by Crippen LogP contribution is -2.29. The lowest BCUT2D eigenvalue weighted by atomic mass is 10.0. The van der Waals surface area contributed by atoms with Crippen LogP contribution in [0.1, 0.15) is 22.4 Å². The highest BCUT2D eigenvalue weighted by molar-refractivity contribution is 7.10. The maximum absolute atomic E-state index is 6.18. The molecule has 0 fully saturated rings. The fourth-order valence-electron chi connectivity index (χ4n) is 2.58. The number of fused-ring (bicyclic) bond motifs is 1. The van der Waals surface area contributed by atoms with Gasteiger partial charge in [-0.2, -0.15) is 4.98 Å².